The van der Waals surface area contributed by atoms with Crippen molar-refractivity contribution < 1.29 is 23.9 Å². The Bertz CT molecular complexity index is 1850. The maximum absolute atomic E-state index is 12.8. The number of carbonyl (C=O) groups is 4. The Kier molecular flexibility index (Phi) is 8.84. The second kappa shape index (κ2) is 13.2. The zero-order valence-corrected chi connectivity index (χ0v) is 23.2. The van der Waals surface area contributed by atoms with Crippen molar-refractivity contribution in [1.29, 1.82) is 0 Å². The predicted octanol–water partition coefficient (Wildman–Crippen LogP) is 6.05. The van der Waals surface area contributed by atoms with Crippen molar-refractivity contribution in [2.45, 2.75) is 0 Å². The van der Waals surface area contributed by atoms with Gasteiger partial charge in [-0.25, -0.2) is 10.2 Å². The van der Waals surface area contributed by atoms with Gasteiger partial charge in [0.2, 0.25) is 0 Å². The van der Waals surface area contributed by atoms with Crippen molar-refractivity contribution >= 4 is 63.7 Å². The van der Waals surface area contributed by atoms with E-state index in [0.29, 0.717) is 27.6 Å². The second-order valence-electron chi connectivity index (χ2n) is 9.15. The highest BCUT2D eigenvalue weighted by Crippen LogP contribution is 2.22. The van der Waals surface area contributed by atoms with Gasteiger partial charge in [0.1, 0.15) is 5.75 Å². The normalized spacial score (nSPS) is 10.7. The number of nitrogens with zero attached hydrogens (tertiary/aromatic N) is 1. The van der Waals surface area contributed by atoms with Gasteiger partial charge in [-0.3, -0.25) is 14.4 Å². The first-order chi connectivity index (χ1) is 20.9. The van der Waals surface area contributed by atoms with E-state index in [0.717, 1.165) is 10.8 Å². The summed E-state index contributed by atoms with van der Waals surface area (Å²) in [6.45, 7) is 0. The number of amides is 3. The third-order valence-electron chi connectivity index (χ3n) is 6.21. The molecule has 0 aliphatic heterocycles. The molecule has 9 nitrogen and oxygen atoms in total. The number of nitrogens with one attached hydrogen (secondary N) is 3. The first-order valence-electron chi connectivity index (χ1n) is 13.0. The van der Waals surface area contributed by atoms with Crippen molar-refractivity contribution in [1.82, 2.24) is 5.43 Å². The van der Waals surface area contributed by atoms with Gasteiger partial charge in [0.25, 0.3) is 5.91 Å². The van der Waals surface area contributed by atoms with Crippen LogP contribution in [-0.4, -0.2) is 29.9 Å². The number of rotatable bonds is 7. The van der Waals surface area contributed by atoms with E-state index in [9.17, 15) is 19.2 Å². The van der Waals surface area contributed by atoms with Crippen LogP contribution in [0.2, 0.25) is 5.02 Å². The highest BCUT2D eigenvalue weighted by molar-refractivity contribution is 6.40. The van der Waals surface area contributed by atoms with E-state index < -0.39 is 23.7 Å². The molecule has 3 N–H and O–H groups in total. The van der Waals surface area contributed by atoms with Crippen molar-refractivity contribution in [3.63, 3.8) is 0 Å². The van der Waals surface area contributed by atoms with Gasteiger partial charge in [-0.05, 0) is 83.1 Å². The monoisotopic (exact) mass is 590 g/mol. The Morgan fingerprint density at radius 2 is 1.35 bits per heavy atom. The minimum atomic E-state index is -1.04. The largest absolute Gasteiger partial charge is 0.423 e. The molecule has 0 heterocycles. The SMILES string of the molecule is O=C(NN=Cc1ccc(OC(=O)c2cccc3ccccc23)cc1)C(=O)Nc1ccccc1C(=O)Nc1ccc(Cl)cc1. The van der Waals surface area contributed by atoms with Gasteiger partial charge in [0.05, 0.1) is 23.0 Å². The first-order valence-corrected chi connectivity index (χ1v) is 13.4. The van der Waals surface area contributed by atoms with Gasteiger partial charge in [-0.15, -0.1) is 0 Å². The standard InChI is InChI=1S/C33H23ClN4O5/c34-23-14-16-24(17-15-23)36-30(39)28-9-3-4-11-29(28)37-31(40)32(41)38-35-20-21-12-18-25(19-13-21)43-33(42)27-10-5-7-22-6-1-2-8-26(22)27/h1-20H,(H,36,39)(H,37,40)(H,38,41). The van der Waals surface area contributed by atoms with Gasteiger partial charge in [-0.1, -0.05) is 60.1 Å². The summed E-state index contributed by atoms with van der Waals surface area (Å²) in [5.41, 5.74) is 4.00. The van der Waals surface area contributed by atoms with Crippen LogP contribution in [0.15, 0.2) is 120 Å². The van der Waals surface area contributed by atoms with E-state index in [1.54, 1.807) is 72.8 Å². The van der Waals surface area contributed by atoms with E-state index in [1.165, 1.54) is 18.3 Å². The molecule has 0 unspecified atom stereocenters. The van der Waals surface area contributed by atoms with Crippen LogP contribution in [0.25, 0.3) is 10.8 Å². The van der Waals surface area contributed by atoms with E-state index in [1.807, 2.05) is 30.3 Å². The van der Waals surface area contributed by atoms with Crippen LogP contribution < -0.4 is 20.8 Å². The van der Waals surface area contributed by atoms with Crippen LogP contribution in [0.4, 0.5) is 11.4 Å². The smallest absolute Gasteiger partial charge is 0.344 e. The summed E-state index contributed by atoms with van der Waals surface area (Å²) in [6.07, 6.45) is 1.33. The maximum Gasteiger partial charge on any atom is 0.344 e. The molecule has 0 aliphatic carbocycles. The van der Waals surface area contributed by atoms with Crippen molar-refractivity contribution in [3.05, 3.63) is 137 Å². The minimum Gasteiger partial charge on any atom is -0.423 e. The van der Waals surface area contributed by atoms with Gasteiger partial charge in [-0.2, -0.15) is 5.10 Å². The molecule has 10 heteroatoms. The average molecular weight is 591 g/mol. The molecule has 0 saturated heterocycles. The van der Waals surface area contributed by atoms with Gasteiger partial charge in [0, 0.05) is 10.7 Å². The summed E-state index contributed by atoms with van der Waals surface area (Å²) in [5, 5.41) is 11.2. The number of hydrazone groups is 1. The maximum atomic E-state index is 12.8. The predicted molar refractivity (Wildman–Crippen MR) is 166 cm³/mol. The third-order valence-corrected chi connectivity index (χ3v) is 6.46. The zero-order chi connectivity index (χ0) is 30.2. The van der Waals surface area contributed by atoms with Crippen LogP contribution in [0, 0.1) is 0 Å². The van der Waals surface area contributed by atoms with Crippen molar-refractivity contribution in [3.8, 4) is 5.75 Å². The van der Waals surface area contributed by atoms with E-state index in [4.69, 9.17) is 16.3 Å². The van der Waals surface area contributed by atoms with Crippen LogP contribution >= 0.6 is 11.6 Å². The molecule has 0 aromatic heterocycles. The van der Waals surface area contributed by atoms with Crippen molar-refractivity contribution in [2.24, 2.45) is 5.10 Å². The third kappa shape index (κ3) is 7.29. The van der Waals surface area contributed by atoms with Crippen LogP contribution in [0.3, 0.4) is 0 Å². The van der Waals surface area contributed by atoms with Gasteiger partial charge in [0.15, 0.2) is 0 Å². The minimum absolute atomic E-state index is 0.145. The number of ether oxygens (including phenoxy) is 1. The molecule has 0 atom stereocenters. The lowest BCUT2D eigenvalue weighted by molar-refractivity contribution is -0.136. The molecular formula is C33H23ClN4O5. The van der Waals surface area contributed by atoms with Gasteiger partial charge < -0.3 is 15.4 Å². The van der Waals surface area contributed by atoms with E-state index in [2.05, 4.69) is 21.2 Å². The summed E-state index contributed by atoms with van der Waals surface area (Å²) >= 11 is 5.88. The summed E-state index contributed by atoms with van der Waals surface area (Å²) in [7, 11) is 0. The highest BCUT2D eigenvalue weighted by Gasteiger charge is 2.18. The van der Waals surface area contributed by atoms with E-state index in [-0.39, 0.29) is 11.3 Å². The number of hydrogen-bond acceptors (Lipinski definition) is 6. The fourth-order valence-electron chi connectivity index (χ4n) is 4.10. The number of hydrogen-bond donors (Lipinski definition) is 3. The summed E-state index contributed by atoms with van der Waals surface area (Å²) in [4.78, 5) is 50.3. The molecule has 0 aliphatic rings. The van der Waals surface area contributed by atoms with Crippen LogP contribution in [0.5, 0.6) is 5.75 Å². The summed E-state index contributed by atoms with van der Waals surface area (Å²) in [6, 6.07) is 32.2. The molecule has 5 aromatic carbocycles. The van der Waals surface area contributed by atoms with Gasteiger partial charge >= 0.3 is 17.8 Å². The number of anilines is 2. The summed E-state index contributed by atoms with van der Waals surface area (Å²) < 4.78 is 5.52. The molecule has 212 valence electrons. The molecule has 5 aromatic rings. The average Bonchev–Trinajstić information content (AvgIpc) is 3.02. The molecule has 0 saturated carbocycles. The van der Waals surface area contributed by atoms with E-state index >= 15 is 0 Å². The molecule has 5 rings (SSSR count). The van der Waals surface area contributed by atoms with Crippen LogP contribution in [0.1, 0.15) is 26.3 Å². The number of fused-ring (bicyclic) bond motifs is 1. The molecule has 0 spiro atoms. The lowest BCUT2D eigenvalue weighted by atomic mass is 10.0. The van der Waals surface area contributed by atoms with Crippen LogP contribution in [-0.2, 0) is 9.59 Å². The number of halogens is 1. The topological polar surface area (TPSA) is 126 Å². The van der Waals surface area contributed by atoms with Crippen molar-refractivity contribution in [2.75, 3.05) is 10.6 Å². The Morgan fingerprint density at radius 3 is 2.14 bits per heavy atom. The Labute approximate surface area is 251 Å². The Hall–Kier alpha value is -5.80. The fraction of sp³-hybridized carbons (Fsp3) is 0. The molecule has 0 fully saturated rings. The lowest BCUT2D eigenvalue weighted by Crippen LogP contribution is -2.33. The number of carbonyl (C=O) groups excluding carboxylic acids is 4. The first kappa shape index (κ1) is 28.7. The molecule has 43 heavy (non-hydrogen) atoms. The molecule has 0 bridgehead atoms. The number of para-hydroxylation sites is 1. The number of benzene rings is 5. The fourth-order valence-corrected chi connectivity index (χ4v) is 4.23. The highest BCUT2D eigenvalue weighted by atomic mass is 35.5. The lowest BCUT2D eigenvalue weighted by Gasteiger charge is -2.11. The quantitative estimate of drug-likeness (QED) is 0.0699. The molecular weight excluding hydrogens is 568 g/mol. The molecule has 3 amide bonds. The summed E-state index contributed by atoms with van der Waals surface area (Å²) in [5.74, 6) is -2.69. The second-order valence-corrected chi connectivity index (χ2v) is 9.58. The zero-order valence-electron chi connectivity index (χ0n) is 22.4. The molecule has 0 radical (unpaired) electrons. The Balaban J connectivity index is 1.15. The Morgan fingerprint density at radius 1 is 0.674 bits per heavy atom. The number of esters is 1.